The number of fused-ring (bicyclic) bond motifs is 1. The van der Waals surface area contributed by atoms with Crippen molar-refractivity contribution in [3.05, 3.63) is 36.0 Å². The molecule has 5 N–H and O–H groups in total. The van der Waals surface area contributed by atoms with Gasteiger partial charge in [0.25, 0.3) is 0 Å². The maximum atomic E-state index is 12.2. The third kappa shape index (κ3) is 3.58. The highest BCUT2D eigenvalue weighted by molar-refractivity contribution is 5.92. The van der Waals surface area contributed by atoms with Gasteiger partial charge in [-0.2, -0.15) is 4.73 Å². The maximum absolute atomic E-state index is 12.2. The van der Waals surface area contributed by atoms with E-state index in [1.165, 1.54) is 11.8 Å². The minimum absolute atomic E-state index is 0.197. The second kappa shape index (κ2) is 7.73. The molecule has 0 fully saturated rings. The van der Waals surface area contributed by atoms with Crippen LogP contribution in [0.25, 0.3) is 10.9 Å². The molecule has 24 heavy (non-hydrogen) atoms. The Bertz CT molecular complexity index is 699. The van der Waals surface area contributed by atoms with Crippen molar-refractivity contribution < 1.29 is 35.2 Å². The molecule has 0 aliphatic rings. The summed E-state index contributed by atoms with van der Waals surface area (Å²) in [5, 5.41) is 48.1. The summed E-state index contributed by atoms with van der Waals surface area (Å²) in [6.07, 6.45) is -5.90. The van der Waals surface area contributed by atoms with Gasteiger partial charge in [0.2, 0.25) is 0 Å². The molecule has 1 aromatic heterocycles. The topological polar surface area (TPSA) is 132 Å². The summed E-state index contributed by atoms with van der Waals surface area (Å²) >= 11 is 0. The predicted molar refractivity (Wildman–Crippen MR) is 84.3 cm³/mol. The minimum atomic E-state index is -1.91. The lowest BCUT2D eigenvalue weighted by molar-refractivity contribution is -0.146. The SMILES string of the molecule is COn1cc(CC(=O)[C@H](O)[C@@H](O)[C@H](O)[C@H](O)CO)c2ccccc21. The van der Waals surface area contributed by atoms with Crippen LogP contribution in [0.4, 0.5) is 0 Å². The fraction of sp³-hybridized carbons (Fsp3) is 0.438. The lowest BCUT2D eigenvalue weighted by Gasteiger charge is -2.24. The molecule has 0 bridgehead atoms. The lowest BCUT2D eigenvalue weighted by atomic mass is 9.96. The Morgan fingerprint density at radius 3 is 2.46 bits per heavy atom. The molecule has 0 spiro atoms. The van der Waals surface area contributed by atoms with Crippen molar-refractivity contribution in [2.24, 2.45) is 0 Å². The normalized spacial score (nSPS) is 16.6. The van der Waals surface area contributed by atoms with Gasteiger partial charge in [-0.3, -0.25) is 4.79 Å². The van der Waals surface area contributed by atoms with Crippen molar-refractivity contribution in [2.75, 3.05) is 13.7 Å². The van der Waals surface area contributed by atoms with Gasteiger partial charge >= 0.3 is 0 Å². The number of nitrogens with zero attached hydrogens (tertiary/aromatic N) is 1. The summed E-state index contributed by atoms with van der Waals surface area (Å²) < 4.78 is 1.48. The van der Waals surface area contributed by atoms with Crippen molar-refractivity contribution in [2.45, 2.75) is 30.8 Å². The van der Waals surface area contributed by atoms with Gasteiger partial charge in [0.15, 0.2) is 5.78 Å². The standard InChI is InChI=1S/C16H21NO7/c1-24-17-7-9(10-4-2-3-5-11(10)17)6-12(19)14(21)16(23)15(22)13(20)8-18/h2-5,7,13-16,18,20-23H,6,8H2,1H3/t13-,14+,15-,16-/m1/s1. The van der Waals surface area contributed by atoms with Crippen molar-refractivity contribution >= 4 is 16.7 Å². The molecule has 0 radical (unpaired) electrons. The van der Waals surface area contributed by atoms with E-state index in [0.717, 1.165) is 10.9 Å². The average Bonchev–Trinajstić information content (AvgIpc) is 2.96. The molecule has 2 rings (SSSR count). The zero-order valence-corrected chi connectivity index (χ0v) is 13.1. The monoisotopic (exact) mass is 339 g/mol. The molecule has 1 aromatic carbocycles. The Hall–Kier alpha value is -1.97. The smallest absolute Gasteiger partial charge is 0.168 e. The van der Waals surface area contributed by atoms with Crippen molar-refractivity contribution in [3.8, 4) is 0 Å². The van der Waals surface area contributed by atoms with Crippen molar-refractivity contribution in [1.29, 1.82) is 0 Å². The molecule has 0 unspecified atom stereocenters. The number of hydrogen-bond donors (Lipinski definition) is 5. The molecule has 0 saturated carbocycles. The predicted octanol–water partition coefficient (Wildman–Crippen LogP) is -1.75. The molecule has 0 saturated heterocycles. The van der Waals surface area contributed by atoms with Crippen LogP contribution in [0, 0.1) is 0 Å². The number of rotatable bonds is 8. The van der Waals surface area contributed by atoms with Crippen LogP contribution in [0.15, 0.2) is 30.5 Å². The van der Waals surface area contributed by atoms with E-state index in [2.05, 4.69) is 0 Å². The van der Waals surface area contributed by atoms with Crippen LogP contribution in [-0.4, -0.2) is 74.2 Å². The van der Waals surface area contributed by atoms with E-state index in [1.807, 2.05) is 6.07 Å². The van der Waals surface area contributed by atoms with Crippen LogP contribution in [-0.2, 0) is 11.2 Å². The van der Waals surface area contributed by atoms with E-state index in [0.29, 0.717) is 5.56 Å². The Kier molecular flexibility index (Phi) is 5.92. The largest absolute Gasteiger partial charge is 0.417 e. The van der Waals surface area contributed by atoms with Crippen molar-refractivity contribution in [1.82, 2.24) is 4.73 Å². The number of aliphatic hydroxyl groups is 5. The molecule has 2 aromatic rings. The van der Waals surface area contributed by atoms with Gasteiger partial charge < -0.3 is 30.4 Å². The zero-order valence-electron chi connectivity index (χ0n) is 13.1. The van der Waals surface area contributed by atoms with Crippen LogP contribution in [0.5, 0.6) is 0 Å². The van der Waals surface area contributed by atoms with E-state index in [-0.39, 0.29) is 6.42 Å². The number of para-hydroxylation sites is 1. The molecular weight excluding hydrogens is 318 g/mol. The maximum Gasteiger partial charge on any atom is 0.168 e. The number of Topliss-reactive ketones (excluding diaryl/α,β-unsaturated/α-hetero) is 1. The first-order valence-corrected chi connectivity index (χ1v) is 7.40. The number of benzene rings is 1. The van der Waals surface area contributed by atoms with E-state index in [4.69, 9.17) is 9.94 Å². The lowest BCUT2D eigenvalue weighted by Crippen LogP contribution is -2.49. The third-order valence-corrected chi connectivity index (χ3v) is 3.91. The first kappa shape index (κ1) is 18.4. The average molecular weight is 339 g/mol. The number of ketones is 1. The Labute approximate surface area is 138 Å². The second-order valence-electron chi connectivity index (χ2n) is 5.50. The van der Waals surface area contributed by atoms with Crippen LogP contribution in [0.1, 0.15) is 5.56 Å². The molecule has 4 atom stereocenters. The van der Waals surface area contributed by atoms with Gasteiger partial charge in [-0.25, -0.2) is 0 Å². The first-order chi connectivity index (χ1) is 11.4. The van der Waals surface area contributed by atoms with Gasteiger partial charge in [-0.1, -0.05) is 18.2 Å². The molecule has 8 heteroatoms. The van der Waals surface area contributed by atoms with Gasteiger partial charge in [0, 0.05) is 18.0 Å². The Balaban J connectivity index is 2.17. The number of carbonyl (C=O) groups is 1. The Morgan fingerprint density at radius 2 is 1.83 bits per heavy atom. The van der Waals surface area contributed by atoms with Gasteiger partial charge in [-0.05, 0) is 11.6 Å². The molecular formula is C16H21NO7. The van der Waals surface area contributed by atoms with Crippen LogP contribution >= 0.6 is 0 Å². The summed E-state index contributed by atoms with van der Waals surface area (Å²) in [4.78, 5) is 17.4. The number of aliphatic hydroxyl groups excluding tert-OH is 5. The summed E-state index contributed by atoms with van der Waals surface area (Å²) in [6.45, 7) is -0.805. The number of hydrogen-bond acceptors (Lipinski definition) is 7. The highest BCUT2D eigenvalue weighted by Crippen LogP contribution is 2.22. The molecule has 0 aliphatic heterocycles. The molecule has 8 nitrogen and oxygen atoms in total. The van der Waals surface area contributed by atoms with Gasteiger partial charge in [0.1, 0.15) is 31.5 Å². The Morgan fingerprint density at radius 1 is 1.17 bits per heavy atom. The van der Waals surface area contributed by atoms with Gasteiger partial charge in [-0.15, -0.1) is 0 Å². The zero-order chi connectivity index (χ0) is 17.9. The summed E-state index contributed by atoms with van der Waals surface area (Å²) in [5.74, 6) is -0.731. The van der Waals surface area contributed by atoms with E-state index in [9.17, 15) is 25.2 Å². The quantitative estimate of drug-likeness (QED) is 0.385. The fourth-order valence-corrected chi connectivity index (χ4v) is 2.52. The first-order valence-electron chi connectivity index (χ1n) is 7.40. The van der Waals surface area contributed by atoms with Crippen LogP contribution < -0.4 is 4.84 Å². The van der Waals surface area contributed by atoms with E-state index in [1.54, 1.807) is 24.4 Å². The highest BCUT2D eigenvalue weighted by Gasteiger charge is 2.34. The summed E-state index contributed by atoms with van der Waals surface area (Å²) in [5.41, 5.74) is 1.33. The molecule has 132 valence electrons. The van der Waals surface area contributed by atoms with Crippen LogP contribution in [0.2, 0.25) is 0 Å². The van der Waals surface area contributed by atoms with Gasteiger partial charge in [0.05, 0.1) is 12.1 Å². The second-order valence-corrected chi connectivity index (χ2v) is 5.50. The third-order valence-electron chi connectivity index (χ3n) is 3.91. The van der Waals surface area contributed by atoms with Crippen LogP contribution in [0.3, 0.4) is 0 Å². The summed E-state index contributed by atoms with van der Waals surface area (Å²) in [7, 11) is 1.48. The molecule has 1 heterocycles. The summed E-state index contributed by atoms with van der Waals surface area (Å²) in [6, 6.07) is 7.21. The molecule has 0 aliphatic carbocycles. The number of aromatic nitrogens is 1. The number of carbonyl (C=O) groups excluding carboxylic acids is 1. The van der Waals surface area contributed by atoms with Crippen molar-refractivity contribution in [3.63, 3.8) is 0 Å². The highest BCUT2D eigenvalue weighted by atomic mass is 16.6. The molecule has 0 amide bonds. The fourth-order valence-electron chi connectivity index (χ4n) is 2.52. The van der Waals surface area contributed by atoms with E-state index < -0.39 is 36.8 Å². The minimum Gasteiger partial charge on any atom is -0.417 e. The van der Waals surface area contributed by atoms with E-state index >= 15 is 0 Å².